The highest BCUT2D eigenvalue weighted by molar-refractivity contribution is 5.99. The Labute approximate surface area is 188 Å². The van der Waals surface area contributed by atoms with Gasteiger partial charge in [0, 0.05) is 24.8 Å². The van der Waals surface area contributed by atoms with Crippen LogP contribution in [0.4, 0.5) is 34.6 Å². The van der Waals surface area contributed by atoms with Crippen molar-refractivity contribution in [2.45, 2.75) is 18.9 Å². The maximum absolute atomic E-state index is 11.6. The summed E-state index contributed by atoms with van der Waals surface area (Å²) in [5.74, 6) is -1.70. The summed E-state index contributed by atoms with van der Waals surface area (Å²) >= 11 is 0. The van der Waals surface area contributed by atoms with E-state index in [-0.39, 0.29) is 24.6 Å². The Morgan fingerprint density at radius 1 is 1.18 bits per heavy atom. The fraction of sp³-hybridized carbons (Fsp3) is 0.300. The first-order valence-corrected chi connectivity index (χ1v) is 9.92. The monoisotopic (exact) mass is 456 g/mol. The van der Waals surface area contributed by atoms with Crippen molar-refractivity contribution < 1.29 is 24.6 Å². The van der Waals surface area contributed by atoms with Gasteiger partial charge in [-0.25, -0.2) is 9.79 Å². The minimum atomic E-state index is -1.29. The molecule has 2 aromatic rings. The lowest BCUT2D eigenvalue weighted by Crippen LogP contribution is -2.41. The number of carboxylic acid groups (broad SMARTS) is 2. The number of amides is 1. The van der Waals surface area contributed by atoms with E-state index in [9.17, 15) is 19.5 Å². The molecule has 1 amide bonds. The van der Waals surface area contributed by atoms with Crippen LogP contribution in [0.25, 0.3) is 0 Å². The lowest BCUT2D eigenvalue weighted by Gasteiger charge is -2.26. The average molecular weight is 456 g/mol. The van der Waals surface area contributed by atoms with E-state index < -0.39 is 18.0 Å². The summed E-state index contributed by atoms with van der Waals surface area (Å²) in [5, 5.41) is 21.4. The lowest BCUT2D eigenvalue weighted by atomic mass is 10.1. The van der Waals surface area contributed by atoms with Gasteiger partial charge in [-0.15, -0.1) is 0 Å². The van der Waals surface area contributed by atoms with Gasteiger partial charge in [-0.2, -0.15) is 9.97 Å². The van der Waals surface area contributed by atoms with E-state index in [4.69, 9.17) is 16.6 Å². The number of nitrogens with two attached hydrogens (primary N) is 2. The summed E-state index contributed by atoms with van der Waals surface area (Å²) in [4.78, 5) is 49.4. The molecule has 1 atom stereocenters. The van der Waals surface area contributed by atoms with Gasteiger partial charge in [0.1, 0.15) is 11.7 Å². The van der Waals surface area contributed by atoms with Crippen molar-refractivity contribution in [2.24, 2.45) is 4.99 Å². The Kier molecular flexibility index (Phi) is 6.91. The molecule has 174 valence electrons. The normalized spacial score (nSPS) is 13.2. The van der Waals surface area contributed by atoms with Gasteiger partial charge in [0.2, 0.25) is 12.4 Å². The van der Waals surface area contributed by atoms with Crippen LogP contribution in [0.3, 0.4) is 0 Å². The molecule has 7 N–H and O–H groups in total. The molecule has 0 fully saturated rings. The topological polar surface area (TPSA) is 200 Å². The second kappa shape index (κ2) is 9.80. The van der Waals surface area contributed by atoms with E-state index in [0.29, 0.717) is 36.7 Å². The second-order valence-corrected chi connectivity index (χ2v) is 7.37. The number of aliphatic imine (C=N–C) groups is 1. The SMILES string of the molecule is CN(CC1=Nc2c(N)nc(N)nc2NC1)c1ccc(N(C=O)[C@@H](CCC(=O)O)C(=O)O)cc1. The number of aromatic nitrogens is 2. The number of rotatable bonds is 10. The van der Waals surface area contributed by atoms with Crippen LogP contribution >= 0.6 is 0 Å². The van der Waals surface area contributed by atoms with Crippen LogP contribution in [0.1, 0.15) is 12.8 Å². The number of carbonyl (C=O) groups excluding carboxylic acids is 1. The molecule has 0 spiro atoms. The van der Waals surface area contributed by atoms with Crippen LogP contribution in [0.2, 0.25) is 0 Å². The fourth-order valence-corrected chi connectivity index (χ4v) is 3.40. The smallest absolute Gasteiger partial charge is 0.326 e. The minimum absolute atomic E-state index is 0.0621. The van der Waals surface area contributed by atoms with Crippen LogP contribution < -0.4 is 26.6 Å². The van der Waals surface area contributed by atoms with Gasteiger partial charge < -0.3 is 36.8 Å². The highest BCUT2D eigenvalue weighted by Gasteiger charge is 2.26. The molecule has 0 aliphatic carbocycles. The first-order chi connectivity index (χ1) is 15.7. The number of carbonyl (C=O) groups is 3. The zero-order valence-electron chi connectivity index (χ0n) is 17.8. The number of aliphatic carboxylic acids is 2. The summed E-state index contributed by atoms with van der Waals surface area (Å²) in [5.41, 5.74) is 13.8. The number of hydrogen-bond acceptors (Lipinski definition) is 10. The Morgan fingerprint density at radius 2 is 1.85 bits per heavy atom. The van der Waals surface area contributed by atoms with Gasteiger partial charge in [-0.1, -0.05) is 0 Å². The lowest BCUT2D eigenvalue weighted by molar-refractivity contribution is -0.140. The number of nitrogens with zero attached hydrogens (tertiary/aromatic N) is 5. The predicted molar refractivity (Wildman–Crippen MR) is 123 cm³/mol. The van der Waals surface area contributed by atoms with Crippen LogP contribution in [-0.2, 0) is 14.4 Å². The minimum Gasteiger partial charge on any atom is -0.481 e. The van der Waals surface area contributed by atoms with Gasteiger partial charge in [0.05, 0.1) is 18.8 Å². The largest absolute Gasteiger partial charge is 0.481 e. The van der Waals surface area contributed by atoms with E-state index in [0.717, 1.165) is 16.3 Å². The molecule has 1 aliphatic heterocycles. The maximum Gasteiger partial charge on any atom is 0.326 e. The quantitative estimate of drug-likeness (QED) is 0.313. The average Bonchev–Trinajstić information content (AvgIpc) is 2.76. The number of anilines is 5. The first-order valence-electron chi connectivity index (χ1n) is 9.92. The molecule has 13 nitrogen and oxygen atoms in total. The molecule has 0 saturated carbocycles. The van der Waals surface area contributed by atoms with Gasteiger partial charge in [0.25, 0.3) is 0 Å². The summed E-state index contributed by atoms with van der Waals surface area (Å²) in [7, 11) is 1.85. The van der Waals surface area contributed by atoms with Crippen molar-refractivity contribution in [2.75, 3.05) is 46.7 Å². The third-order valence-corrected chi connectivity index (χ3v) is 5.03. The highest BCUT2D eigenvalue weighted by atomic mass is 16.4. The van der Waals surface area contributed by atoms with Gasteiger partial charge in [-0.05, 0) is 30.7 Å². The molecule has 1 aromatic heterocycles. The number of nitrogen functional groups attached to an aromatic ring is 2. The molecule has 33 heavy (non-hydrogen) atoms. The molecule has 3 rings (SSSR count). The molecule has 0 unspecified atom stereocenters. The van der Waals surface area contributed by atoms with E-state index in [2.05, 4.69) is 20.3 Å². The predicted octanol–water partition coefficient (Wildman–Crippen LogP) is 0.556. The molecule has 0 saturated heterocycles. The summed E-state index contributed by atoms with van der Waals surface area (Å²) in [6, 6.07) is 5.37. The first kappa shape index (κ1) is 23.2. The molecular weight excluding hydrogens is 432 g/mol. The van der Waals surface area contributed by atoms with Crippen LogP contribution in [-0.4, -0.2) is 70.4 Å². The summed E-state index contributed by atoms with van der Waals surface area (Å²) in [6.45, 7) is 0.886. The number of nitrogens with one attached hydrogen (secondary N) is 1. The fourth-order valence-electron chi connectivity index (χ4n) is 3.40. The highest BCUT2D eigenvalue weighted by Crippen LogP contribution is 2.32. The van der Waals surface area contributed by atoms with E-state index >= 15 is 0 Å². The summed E-state index contributed by atoms with van der Waals surface area (Å²) < 4.78 is 0. The number of benzene rings is 1. The molecule has 0 bridgehead atoms. The van der Waals surface area contributed by atoms with Gasteiger partial charge >= 0.3 is 11.9 Å². The van der Waals surface area contributed by atoms with Crippen molar-refractivity contribution in [3.05, 3.63) is 24.3 Å². The zero-order chi connectivity index (χ0) is 24.1. The number of fused-ring (bicyclic) bond motifs is 1. The molecule has 1 aromatic carbocycles. The van der Waals surface area contributed by atoms with Crippen molar-refractivity contribution in [1.29, 1.82) is 0 Å². The Balaban J connectivity index is 1.73. The molecule has 2 heterocycles. The second-order valence-electron chi connectivity index (χ2n) is 7.37. The van der Waals surface area contributed by atoms with Crippen LogP contribution in [0, 0.1) is 0 Å². The third kappa shape index (κ3) is 5.44. The van der Waals surface area contributed by atoms with Gasteiger partial charge in [-0.3, -0.25) is 9.59 Å². The van der Waals surface area contributed by atoms with Crippen LogP contribution in [0.15, 0.2) is 29.3 Å². The van der Waals surface area contributed by atoms with Crippen molar-refractivity contribution in [3.8, 4) is 0 Å². The van der Waals surface area contributed by atoms with E-state index in [1.807, 2.05) is 11.9 Å². The number of carboxylic acids is 2. The Bertz CT molecular complexity index is 1090. The molecule has 13 heteroatoms. The third-order valence-electron chi connectivity index (χ3n) is 5.03. The molecular formula is C20H24N8O5. The standard InChI is InChI=1S/C20H24N8O5/c1-27(9-11-8-23-18-16(24-11)17(21)25-20(22)26-18)12-2-4-13(5-3-12)28(10-29)14(19(32)33)6-7-15(30)31/h2-5,10,14H,6-9H2,1H3,(H,30,31)(H,32,33)(H5,21,22,23,25,26)/t14-/m0/s1. The van der Waals surface area contributed by atoms with Crippen molar-refractivity contribution in [1.82, 2.24) is 9.97 Å². The van der Waals surface area contributed by atoms with Crippen LogP contribution in [0.5, 0.6) is 0 Å². The van der Waals surface area contributed by atoms with Gasteiger partial charge in [0.15, 0.2) is 11.6 Å². The zero-order valence-corrected chi connectivity index (χ0v) is 17.8. The number of hydrogen-bond donors (Lipinski definition) is 5. The Morgan fingerprint density at radius 3 is 2.45 bits per heavy atom. The van der Waals surface area contributed by atoms with Crippen molar-refractivity contribution in [3.63, 3.8) is 0 Å². The molecule has 0 radical (unpaired) electrons. The molecule has 1 aliphatic rings. The Hall–Kier alpha value is -4.42. The van der Waals surface area contributed by atoms with Crippen molar-refractivity contribution >= 4 is 58.7 Å². The maximum atomic E-state index is 11.6. The van der Waals surface area contributed by atoms with E-state index in [1.54, 1.807) is 24.3 Å². The summed E-state index contributed by atoms with van der Waals surface area (Å²) in [6.07, 6.45) is -0.195. The van der Waals surface area contributed by atoms with E-state index in [1.165, 1.54) is 0 Å².